The van der Waals surface area contributed by atoms with Gasteiger partial charge in [0.2, 0.25) is 5.91 Å². The molecule has 0 unspecified atom stereocenters. The molecule has 5 nitrogen and oxygen atoms in total. The maximum Gasteiger partial charge on any atom is 0.234 e. The highest BCUT2D eigenvalue weighted by molar-refractivity contribution is 6.31. The molecule has 1 aromatic heterocycles. The van der Waals surface area contributed by atoms with E-state index in [-0.39, 0.29) is 11.9 Å². The van der Waals surface area contributed by atoms with Crippen LogP contribution in [0, 0.1) is 0 Å². The molecule has 0 bridgehead atoms. The molecule has 6 heteroatoms. The number of carbonyl (C=O) groups is 1. The van der Waals surface area contributed by atoms with Crippen LogP contribution >= 0.6 is 11.6 Å². The van der Waals surface area contributed by atoms with E-state index in [0.29, 0.717) is 18.1 Å². The van der Waals surface area contributed by atoms with Gasteiger partial charge in [0.1, 0.15) is 5.82 Å². The van der Waals surface area contributed by atoms with Crippen molar-refractivity contribution in [1.82, 2.24) is 15.2 Å². The van der Waals surface area contributed by atoms with Crippen molar-refractivity contribution in [2.75, 3.05) is 25.5 Å². The van der Waals surface area contributed by atoms with Crippen LogP contribution in [0.3, 0.4) is 0 Å². The monoisotopic (exact) mass is 298 g/mol. The van der Waals surface area contributed by atoms with E-state index in [1.54, 1.807) is 0 Å². The van der Waals surface area contributed by atoms with E-state index >= 15 is 0 Å². The van der Waals surface area contributed by atoms with E-state index in [9.17, 15) is 4.79 Å². The first-order chi connectivity index (χ1) is 9.46. The largest absolute Gasteiger partial charge is 0.373 e. The Morgan fingerprint density at radius 1 is 1.45 bits per heavy atom. The number of likely N-dealkylation sites (N-methyl/N-ethyl adjacent to an activating group) is 1. The van der Waals surface area contributed by atoms with E-state index < -0.39 is 0 Å². The summed E-state index contributed by atoms with van der Waals surface area (Å²) >= 11 is 6.16. The Bertz CT molecular complexity index is 451. The van der Waals surface area contributed by atoms with Crippen molar-refractivity contribution in [2.24, 2.45) is 0 Å². The first kappa shape index (κ1) is 16.7. The van der Waals surface area contributed by atoms with Crippen LogP contribution in [0.1, 0.15) is 26.5 Å². The van der Waals surface area contributed by atoms with E-state index in [0.717, 1.165) is 18.1 Å². The number of amides is 1. The van der Waals surface area contributed by atoms with E-state index in [4.69, 9.17) is 11.6 Å². The van der Waals surface area contributed by atoms with Crippen molar-refractivity contribution >= 4 is 23.3 Å². The number of nitrogens with zero attached hydrogens (tertiary/aromatic N) is 2. The maximum atomic E-state index is 11.8. The number of hydrogen-bond donors (Lipinski definition) is 2. The molecule has 1 rings (SSSR count). The molecule has 0 saturated heterocycles. The van der Waals surface area contributed by atoms with Gasteiger partial charge in [-0.25, -0.2) is 4.98 Å². The van der Waals surface area contributed by atoms with Gasteiger partial charge in [0.15, 0.2) is 0 Å². The summed E-state index contributed by atoms with van der Waals surface area (Å²) in [6, 6.07) is 3.79. The van der Waals surface area contributed by atoms with Crippen LogP contribution in [0.2, 0.25) is 5.02 Å². The molecular formula is C14H23ClN4O. The fourth-order valence-electron chi connectivity index (χ4n) is 1.80. The van der Waals surface area contributed by atoms with Gasteiger partial charge in [-0.05, 0) is 32.5 Å². The fourth-order valence-corrected chi connectivity index (χ4v) is 1.96. The minimum absolute atomic E-state index is 0.0164. The maximum absolute atomic E-state index is 11.8. The second kappa shape index (κ2) is 8.07. The summed E-state index contributed by atoms with van der Waals surface area (Å²) in [6.07, 6.45) is 0. The summed E-state index contributed by atoms with van der Waals surface area (Å²) < 4.78 is 0. The van der Waals surface area contributed by atoms with E-state index in [2.05, 4.69) is 15.6 Å². The van der Waals surface area contributed by atoms with Crippen LogP contribution in [-0.2, 0) is 11.3 Å². The Balaban J connectivity index is 2.70. The lowest BCUT2D eigenvalue weighted by Crippen LogP contribution is -2.39. The lowest BCUT2D eigenvalue weighted by Gasteiger charge is -2.21. The molecular weight excluding hydrogens is 276 g/mol. The van der Waals surface area contributed by atoms with E-state index in [1.807, 2.05) is 44.9 Å². The van der Waals surface area contributed by atoms with Crippen molar-refractivity contribution in [2.45, 2.75) is 33.4 Å². The molecule has 0 saturated carbocycles. The lowest BCUT2D eigenvalue weighted by atomic mass is 10.3. The Morgan fingerprint density at radius 3 is 2.70 bits per heavy atom. The third kappa shape index (κ3) is 5.35. The summed E-state index contributed by atoms with van der Waals surface area (Å²) in [6.45, 7) is 7.56. The zero-order chi connectivity index (χ0) is 15.1. The predicted octanol–water partition coefficient (Wildman–Crippen LogP) is 2.12. The zero-order valence-electron chi connectivity index (χ0n) is 12.5. The quantitative estimate of drug-likeness (QED) is 0.809. The number of anilines is 1. The number of aromatic nitrogens is 1. The van der Waals surface area contributed by atoms with Gasteiger partial charge < -0.3 is 10.6 Å². The van der Waals surface area contributed by atoms with Crippen LogP contribution in [0.4, 0.5) is 5.82 Å². The molecule has 0 aromatic carbocycles. The highest BCUT2D eigenvalue weighted by Gasteiger charge is 2.13. The summed E-state index contributed by atoms with van der Waals surface area (Å²) in [5.41, 5.74) is 0.776. The molecule has 1 aromatic rings. The van der Waals surface area contributed by atoms with Gasteiger partial charge in [-0.2, -0.15) is 0 Å². The Hall–Kier alpha value is -1.33. The van der Waals surface area contributed by atoms with Gasteiger partial charge >= 0.3 is 0 Å². The Morgan fingerprint density at radius 2 is 2.15 bits per heavy atom. The minimum Gasteiger partial charge on any atom is -0.373 e. The number of carbonyl (C=O) groups excluding carboxylic acids is 1. The van der Waals surface area contributed by atoms with Crippen LogP contribution in [0.25, 0.3) is 0 Å². The molecule has 20 heavy (non-hydrogen) atoms. The lowest BCUT2D eigenvalue weighted by molar-refractivity contribution is -0.122. The van der Waals surface area contributed by atoms with Gasteiger partial charge in [-0.3, -0.25) is 9.69 Å². The van der Waals surface area contributed by atoms with Crippen molar-refractivity contribution < 1.29 is 4.79 Å². The highest BCUT2D eigenvalue weighted by atomic mass is 35.5. The van der Waals surface area contributed by atoms with Gasteiger partial charge in [-0.15, -0.1) is 0 Å². The van der Waals surface area contributed by atoms with Crippen molar-refractivity contribution in [1.29, 1.82) is 0 Å². The number of pyridine rings is 1. The van der Waals surface area contributed by atoms with E-state index in [1.165, 1.54) is 0 Å². The molecule has 0 aliphatic heterocycles. The van der Waals surface area contributed by atoms with Crippen LogP contribution < -0.4 is 10.6 Å². The third-order valence-corrected chi connectivity index (χ3v) is 3.16. The first-order valence-electron chi connectivity index (χ1n) is 6.81. The SMILES string of the molecule is CCN(CC(=O)NC(C)C)Cc1nc(NC)ccc1Cl. The molecule has 1 amide bonds. The first-order valence-corrected chi connectivity index (χ1v) is 7.19. The number of rotatable bonds is 7. The topological polar surface area (TPSA) is 57.3 Å². The van der Waals surface area contributed by atoms with Crippen LogP contribution in [-0.4, -0.2) is 42.0 Å². The number of nitrogens with one attached hydrogen (secondary N) is 2. The molecule has 0 radical (unpaired) electrons. The molecule has 0 fully saturated rings. The van der Waals surface area contributed by atoms with Gasteiger partial charge in [0.05, 0.1) is 17.3 Å². The fraction of sp³-hybridized carbons (Fsp3) is 0.571. The van der Waals surface area contributed by atoms with Gasteiger partial charge in [0, 0.05) is 19.6 Å². The Kier molecular flexibility index (Phi) is 6.75. The average molecular weight is 299 g/mol. The van der Waals surface area contributed by atoms with Crippen LogP contribution in [0.5, 0.6) is 0 Å². The normalized spacial score (nSPS) is 10.9. The number of hydrogen-bond acceptors (Lipinski definition) is 4. The Labute approximate surface area is 125 Å². The van der Waals surface area contributed by atoms with Crippen molar-refractivity contribution in [3.8, 4) is 0 Å². The average Bonchev–Trinajstić information content (AvgIpc) is 2.39. The molecule has 112 valence electrons. The molecule has 0 aliphatic rings. The second-order valence-corrected chi connectivity index (χ2v) is 5.31. The van der Waals surface area contributed by atoms with Gasteiger partial charge in [-0.1, -0.05) is 18.5 Å². The van der Waals surface area contributed by atoms with Crippen LogP contribution in [0.15, 0.2) is 12.1 Å². The summed E-state index contributed by atoms with van der Waals surface area (Å²) in [7, 11) is 1.81. The summed E-state index contributed by atoms with van der Waals surface area (Å²) in [5.74, 6) is 0.787. The van der Waals surface area contributed by atoms with Crippen molar-refractivity contribution in [3.63, 3.8) is 0 Å². The molecule has 1 heterocycles. The van der Waals surface area contributed by atoms with Gasteiger partial charge in [0.25, 0.3) is 0 Å². The summed E-state index contributed by atoms with van der Waals surface area (Å²) in [4.78, 5) is 18.2. The molecule has 2 N–H and O–H groups in total. The smallest absolute Gasteiger partial charge is 0.234 e. The standard InChI is InChI=1S/C14H23ClN4O/c1-5-19(9-14(20)17-10(2)3)8-12-11(15)6-7-13(16-4)18-12/h6-7,10H,5,8-9H2,1-4H3,(H,16,18)(H,17,20). The zero-order valence-corrected chi connectivity index (χ0v) is 13.3. The second-order valence-electron chi connectivity index (χ2n) is 4.90. The van der Waals surface area contributed by atoms with Crippen molar-refractivity contribution in [3.05, 3.63) is 22.8 Å². The molecule has 0 atom stereocenters. The summed E-state index contributed by atoms with van der Waals surface area (Å²) in [5, 5.41) is 6.49. The highest BCUT2D eigenvalue weighted by Crippen LogP contribution is 2.18. The molecule has 0 aliphatic carbocycles. The third-order valence-electron chi connectivity index (χ3n) is 2.81. The predicted molar refractivity (Wildman–Crippen MR) is 83.0 cm³/mol. The number of halogens is 1. The molecule has 0 spiro atoms. The minimum atomic E-state index is 0.0164.